The van der Waals surface area contributed by atoms with E-state index in [1.807, 2.05) is 0 Å². The van der Waals surface area contributed by atoms with Crippen molar-refractivity contribution in [1.29, 1.82) is 0 Å². The molecule has 1 aromatic rings. The van der Waals surface area contributed by atoms with Crippen molar-refractivity contribution in [3.63, 3.8) is 0 Å². The quantitative estimate of drug-likeness (QED) is 0.617. The Morgan fingerprint density at radius 2 is 2.15 bits per heavy atom. The van der Waals surface area contributed by atoms with Gasteiger partial charge in [-0.2, -0.15) is 0 Å². The zero-order valence-corrected chi connectivity index (χ0v) is 12.6. The van der Waals surface area contributed by atoms with E-state index in [-0.39, 0.29) is 16.3 Å². The molecule has 1 rings (SSSR count). The van der Waals surface area contributed by atoms with E-state index in [0.717, 1.165) is 17.4 Å². The molecule has 1 aromatic heterocycles. The van der Waals surface area contributed by atoms with Crippen LogP contribution in [0, 0.1) is 0 Å². The number of aromatic carboxylic acids is 1. The first-order valence-electron chi connectivity index (χ1n) is 5.85. The standard InChI is InChI=1S/C11H17NO6S2/c1-17-5-6-18-4-2-3-12-20(15,16)10-7-9(8-19-10)11(13)14/h7-8,12H,2-6H2,1H3,(H,13,14). The minimum atomic E-state index is -3.65. The first kappa shape index (κ1) is 17.1. The van der Waals surface area contributed by atoms with Crippen molar-refractivity contribution < 1.29 is 27.8 Å². The van der Waals surface area contributed by atoms with Gasteiger partial charge >= 0.3 is 5.97 Å². The van der Waals surface area contributed by atoms with Crippen LogP contribution in [0.15, 0.2) is 15.7 Å². The number of hydrogen-bond acceptors (Lipinski definition) is 6. The van der Waals surface area contributed by atoms with E-state index in [2.05, 4.69) is 4.72 Å². The molecule has 0 bridgehead atoms. The lowest BCUT2D eigenvalue weighted by Crippen LogP contribution is -2.25. The van der Waals surface area contributed by atoms with E-state index in [1.54, 1.807) is 7.11 Å². The summed E-state index contributed by atoms with van der Waals surface area (Å²) in [6.45, 7) is 1.63. The summed E-state index contributed by atoms with van der Waals surface area (Å²) in [6, 6.07) is 1.14. The molecule has 9 heteroatoms. The molecule has 0 fully saturated rings. The highest BCUT2D eigenvalue weighted by Crippen LogP contribution is 2.19. The lowest BCUT2D eigenvalue weighted by Gasteiger charge is -2.05. The van der Waals surface area contributed by atoms with Crippen LogP contribution in [0.2, 0.25) is 0 Å². The maximum absolute atomic E-state index is 11.8. The molecular formula is C11H17NO6S2. The number of carbonyl (C=O) groups is 1. The Labute approximate surface area is 121 Å². The van der Waals surface area contributed by atoms with Gasteiger partial charge in [0.15, 0.2) is 0 Å². The van der Waals surface area contributed by atoms with Gasteiger partial charge < -0.3 is 14.6 Å². The molecule has 0 spiro atoms. The Morgan fingerprint density at radius 1 is 1.40 bits per heavy atom. The van der Waals surface area contributed by atoms with Crippen LogP contribution < -0.4 is 4.72 Å². The first-order valence-corrected chi connectivity index (χ1v) is 8.22. The molecule has 0 amide bonds. The monoisotopic (exact) mass is 323 g/mol. The first-order chi connectivity index (χ1) is 9.47. The van der Waals surface area contributed by atoms with Gasteiger partial charge in [0.2, 0.25) is 10.0 Å². The van der Waals surface area contributed by atoms with Crippen LogP contribution >= 0.6 is 11.3 Å². The van der Waals surface area contributed by atoms with Crippen molar-refractivity contribution >= 4 is 27.3 Å². The van der Waals surface area contributed by atoms with Gasteiger partial charge in [0.25, 0.3) is 0 Å². The number of rotatable bonds is 10. The van der Waals surface area contributed by atoms with Gasteiger partial charge in [-0.15, -0.1) is 11.3 Å². The molecule has 0 radical (unpaired) electrons. The maximum Gasteiger partial charge on any atom is 0.336 e. The number of ether oxygens (including phenoxy) is 2. The van der Waals surface area contributed by atoms with Gasteiger partial charge in [0.05, 0.1) is 18.8 Å². The van der Waals surface area contributed by atoms with E-state index in [9.17, 15) is 13.2 Å². The molecule has 2 N–H and O–H groups in total. The minimum Gasteiger partial charge on any atom is -0.478 e. The van der Waals surface area contributed by atoms with Gasteiger partial charge in [0, 0.05) is 25.6 Å². The van der Waals surface area contributed by atoms with Gasteiger partial charge in [-0.25, -0.2) is 17.9 Å². The summed E-state index contributed by atoms with van der Waals surface area (Å²) in [5.74, 6) is -1.14. The lowest BCUT2D eigenvalue weighted by molar-refractivity contribution is 0.0697. The molecule has 0 saturated carbocycles. The number of carboxylic acid groups (broad SMARTS) is 1. The summed E-state index contributed by atoms with van der Waals surface area (Å²) >= 11 is 0.881. The molecule has 0 aliphatic rings. The Kier molecular flexibility index (Phi) is 7.10. The minimum absolute atomic E-state index is 0.00444. The van der Waals surface area contributed by atoms with E-state index in [1.165, 1.54) is 5.38 Å². The Bertz CT molecular complexity index is 525. The molecule has 0 aliphatic heterocycles. The number of hydrogen-bond donors (Lipinski definition) is 2. The molecule has 0 unspecified atom stereocenters. The van der Waals surface area contributed by atoms with Crippen LogP contribution in [0.5, 0.6) is 0 Å². The maximum atomic E-state index is 11.8. The summed E-state index contributed by atoms with van der Waals surface area (Å²) in [6.07, 6.45) is 0.528. The number of methoxy groups -OCH3 is 1. The number of thiophene rings is 1. The molecule has 20 heavy (non-hydrogen) atoms. The van der Waals surface area contributed by atoms with Crippen molar-refractivity contribution in [1.82, 2.24) is 4.72 Å². The van der Waals surface area contributed by atoms with E-state index >= 15 is 0 Å². The SMILES string of the molecule is COCCOCCCNS(=O)(=O)c1cc(C(=O)O)cs1. The van der Waals surface area contributed by atoms with E-state index in [0.29, 0.717) is 26.2 Å². The fourth-order valence-electron chi connectivity index (χ4n) is 1.27. The van der Waals surface area contributed by atoms with Crippen LogP contribution in [0.25, 0.3) is 0 Å². The van der Waals surface area contributed by atoms with E-state index < -0.39 is 16.0 Å². The molecule has 0 aliphatic carbocycles. The lowest BCUT2D eigenvalue weighted by atomic mass is 10.4. The Hall–Kier alpha value is -1.00. The topological polar surface area (TPSA) is 102 Å². The molecule has 114 valence electrons. The summed E-state index contributed by atoms with van der Waals surface area (Å²) in [4.78, 5) is 10.7. The fraction of sp³-hybridized carbons (Fsp3) is 0.545. The fourth-order valence-corrected chi connectivity index (χ4v) is 3.54. The highest BCUT2D eigenvalue weighted by molar-refractivity contribution is 7.91. The summed E-state index contributed by atoms with van der Waals surface area (Å²) < 4.78 is 36.1. The number of nitrogens with one attached hydrogen (secondary N) is 1. The predicted octanol–water partition coefficient (Wildman–Crippen LogP) is 0.778. The Balaban J connectivity index is 2.36. The third-order valence-electron chi connectivity index (χ3n) is 2.28. The largest absolute Gasteiger partial charge is 0.478 e. The van der Waals surface area contributed by atoms with Crippen molar-refractivity contribution in [2.75, 3.05) is 33.5 Å². The van der Waals surface area contributed by atoms with Gasteiger partial charge in [0.1, 0.15) is 4.21 Å². The average molecular weight is 323 g/mol. The van der Waals surface area contributed by atoms with Crippen LogP contribution in [0.4, 0.5) is 0 Å². The van der Waals surface area contributed by atoms with Crippen molar-refractivity contribution in [3.05, 3.63) is 17.0 Å². The zero-order valence-electron chi connectivity index (χ0n) is 11.0. The third kappa shape index (κ3) is 5.55. The molecule has 0 aromatic carbocycles. The second-order valence-corrected chi connectivity index (χ2v) is 6.72. The smallest absolute Gasteiger partial charge is 0.336 e. The van der Waals surface area contributed by atoms with Crippen molar-refractivity contribution in [3.8, 4) is 0 Å². The van der Waals surface area contributed by atoms with Crippen LogP contribution in [-0.4, -0.2) is 53.0 Å². The number of sulfonamides is 1. The molecule has 7 nitrogen and oxygen atoms in total. The highest BCUT2D eigenvalue weighted by atomic mass is 32.2. The predicted molar refractivity (Wildman–Crippen MR) is 73.8 cm³/mol. The summed E-state index contributed by atoms with van der Waals surface area (Å²) in [7, 11) is -2.07. The van der Waals surface area contributed by atoms with Gasteiger partial charge in [-0.3, -0.25) is 0 Å². The van der Waals surface area contributed by atoms with Gasteiger partial charge in [-0.05, 0) is 12.5 Å². The Morgan fingerprint density at radius 3 is 2.75 bits per heavy atom. The van der Waals surface area contributed by atoms with Crippen LogP contribution in [-0.2, 0) is 19.5 Å². The summed E-state index contributed by atoms with van der Waals surface area (Å²) in [5, 5.41) is 10.0. The van der Waals surface area contributed by atoms with Gasteiger partial charge in [-0.1, -0.05) is 0 Å². The number of carboxylic acids is 1. The third-order valence-corrected chi connectivity index (χ3v) is 5.18. The highest BCUT2D eigenvalue weighted by Gasteiger charge is 2.18. The molecule has 0 atom stereocenters. The molecule has 0 saturated heterocycles. The normalized spacial score (nSPS) is 11.7. The summed E-state index contributed by atoms with van der Waals surface area (Å²) in [5.41, 5.74) is -0.0294. The van der Waals surface area contributed by atoms with Crippen molar-refractivity contribution in [2.24, 2.45) is 0 Å². The van der Waals surface area contributed by atoms with Crippen molar-refractivity contribution in [2.45, 2.75) is 10.6 Å². The second-order valence-electron chi connectivity index (χ2n) is 3.82. The zero-order chi connectivity index (χ0) is 15.0. The molecule has 1 heterocycles. The van der Waals surface area contributed by atoms with E-state index in [4.69, 9.17) is 14.6 Å². The molecular weight excluding hydrogens is 306 g/mol. The van der Waals surface area contributed by atoms with Crippen LogP contribution in [0.3, 0.4) is 0 Å². The average Bonchev–Trinajstić information content (AvgIpc) is 2.88. The second kappa shape index (κ2) is 8.32. The van der Waals surface area contributed by atoms with Crippen LogP contribution in [0.1, 0.15) is 16.8 Å².